The fourth-order valence-electron chi connectivity index (χ4n) is 4.58. The van der Waals surface area contributed by atoms with E-state index in [2.05, 4.69) is 41.5 Å². The van der Waals surface area contributed by atoms with Crippen LogP contribution in [0.5, 0.6) is 5.75 Å². The van der Waals surface area contributed by atoms with Gasteiger partial charge in [-0.1, -0.05) is 44.5 Å². The van der Waals surface area contributed by atoms with E-state index in [1.54, 1.807) is 24.3 Å². The van der Waals surface area contributed by atoms with E-state index in [1.165, 1.54) is 6.07 Å². The van der Waals surface area contributed by atoms with Crippen molar-refractivity contribution in [1.82, 2.24) is 15.8 Å². The van der Waals surface area contributed by atoms with Gasteiger partial charge in [0, 0.05) is 22.7 Å². The van der Waals surface area contributed by atoms with Crippen LogP contribution in [0.3, 0.4) is 0 Å². The third kappa shape index (κ3) is 6.67. The minimum atomic E-state index is -4.68. The number of halogens is 4. The van der Waals surface area contributed by atoms with Crippen LogP contribution >= 0.6 is 11.6 Å². The normalized spacial score (nSPS) is 23.0. The number of guanidine groups is 1. The van der Waals surface area contributed by atoms with E-state index in [9.17, 15) is 13.2 Å². The summed E-state index contributed by atoms with van der Waals surface area (Å²) >= 11 is 6.40. The van der Waals surface area contributed by atoms with Gasteiger partial charge in [0.15, 0.2) is 0 Å². The summed E-state index contributed by atoms with van der Waals surface area (Å²) in [4.78, 5) is 6.38. The first kappa shape index (κ1) is 27.5. The molecule has 0 amide bonds. The molecule has 2 aliphatic heterocycles. The lowest BCUT2D eigenvalue weighted by Gasteiger charge is -2.34. The van der Waals surface area contributed by atoms with Crippen LogP contribution in [-0.4, -0.2) is 36.6 Å². The zero-order valence-electron chi connectivity index (χ0n) is 21.3. The highest BCUT2D eigenvalue weighted by atomic mass is 35.5. The topological polar surface area (TPSA) is 101 Å². The molecule has 2 aromatic rings. The van der Waals surface area contributed by atoms with E-state index >= 15 is 0 Å². The van der Waals surface area contributed by atoms with E-state index in [1.807, 2.05) is 0 Å². The van der Waals surface area contributed by atoms with Gasteiger partial charge in [0.2, 0.25) is 11.7 Å². The fourth-order valence-corrected chi connectivity index (χ4v) is 4.91. The number of hydrogen-bond acceptors (Lipinski definition) is 7. The van der Waals surface area contributed by atoms with E-state index in [0.717, 1.165) is 45.0 Å². The van der Waals surface area contributed by atoms with Crippen LogP contribution < -0.4 is 27.1 Å². The third-order valence-electron chi connectivity index (χ3n) is 6.60. The number of benzene rings is 2. The minimum absolute atomic E-state index is 0.0230. The maximum atomic E-state index is 14.1. The molecule has 1 fully saturated rings. The molecule has 1 saturated heterocycles. The number of nitrogens with one attached hydrogen (secondary N) is 2. The third-order valence-corrected chi connectivity index (χ3v) is 6.90. The molecule has 0 spiro atoms. The minimum Gasteiger partial charge on any atom is -0.489 e. The van der Waals surface area contributed by atoms with Crippen molar-refractivity contribution in [1.29, 1.82) is 0 Å². The van der Waals surface area contributed by atoms with Gasteiger partial charge in [-0.05, 0) is 67.6 Å². The largest absolute Gasteiger partial charge is 0.489 e. The number of aliphatic imine (C=N–C) groups is 1. The van der Waals surface area contributed by atoms with Crippen molar-refractivity contribution in [2.24, 2.45) is 21.9 Å². The highest BCUT2D eigenvalue weighted by Crippen LogP contribution is 2.43. The van der Waals surface area contributed by atoms with Crippen LogP contribution in [-0.2, 0) is 12.0 Å². The molecule has 2 aromatic carbocycles. The number of nitrogens with zero attached hydrogens (tertiary/aromatic N) is 2. The summed E-state index contributed by atoms with van der Waals surface area (Å²) in [5.74, 6) is -1.10. The van der Waals surface area contributed by atoms with Crippen molar-refractivity contribution < 1.29 is 17.9 Å². The lowest BCUT2D eigenvalue weighted by molar-refractivity contribution is -0.137. The highest BCUT2D eigenvalue weighted by molar-refractivity contribution is 6.33. The van der Waals surface area contributed by atoms with E-state index < -0.39 is 17.5 Å². The lowest BCUT2D eigenvalue weighted by Crippen LogP contribution is -2.50. The van der Waals surface area contributed by atoms with Crippen molar-refractivity contribution in [3.63, 3.8) is 0 Å². The molecular formula is C26H34ClF3N6O. The predicted octanol–water partition coefficient (Wildman–Crippen LogP) is 4.80. The van der Waals surface area contributed by atoms with Gasteiger partial charge >= 0.3 is 6.18 Å². The number of hydrogen-bond donors (Lipinski definition) is 4. The van der Waals surface area contributed by atoms with Crippen LogP contribution in [0, 0.1) is 5.41 Å². The van der Waals surface area contributed by atoms with Crippen molar-refractivity contribution in [2.75, 3.05) is 19.6 Å². The molecule has 37 heavy (non-hydrogen) atoms. The second-order valence-corrected chi connectivity index (χ2v) is 11.3. The Hall–Kier alpha value is -2.53. The molecule has 2 unspecified atom stereocenters. The molecule has 6 N–H and O–H groups in total. The molecule has 4 rings (SSSR count). The number of nitrogens with two attached hydrogens (primary N) is 2. The van der Waals surface area contributed by atoms with Gasteiger partial charge in [-0.2, -0.15) is 18.6 Å². The monoisotopic (exact) mass is 538 g/mol. The average molecular weight is 539 g/mol. The van der Waals surface area contributed by atoms with Crippen LogP contribution in [0.25, 0.3) is 11.1 Å². The fraction of sp³-hybridized carbons (Fsp3) is 0.500. The van der Waals surface area contributed by atoms with E-state index in [-0.39, 0.29) is 33.6 Å². The zero-order chi connectivity index (χ0) is 27.0. The highest BCUT2D eigenvalue weighted by Gasteiger charge is 2.39. The van der Waals surface area contributed by atoms with Crippen molar-refractivity contribution in [3.8, 4) is 16.9 Å². The number of hydrazine groups is 1. The van der Waals surface area contributed by atoms with Crippen molar-refractivity contribution in [3.05, 3.63) is 52.5 Å². The second kappa shape index (κ2) is 10.3. The Balaban J connectivity index is 1.54. The number of alkyl halides is 3. The molecule has 202 valence electrons. The SMILES string of the molecule is CC(C)(C)CCN1CCCC(Oc2ccc(-c3c(Cl)cc(C4(N)N=C(N)NN4)cc3C(F)(F)F)cc2)C1. The molecule has 0 aliphatic carbocycles. The smallest absolute Gasteiger partial charge is 0.417 e. The Morgan fingerprint density at radius 3 is 2.49 bits per heavy atom. The maximum Gasteiger partial charge on any atom is 0.417 e. The molecule has 0 bridgehead atoms. The summed E-state index contributed by atoms with van der Waals surface area (Å²) < 4.78 is 48.5. The second-order valence-electron chi connectivity index (χ2n) is 10.9. The zero-order valence-corrected chi connectivity index (χ0v) is 22.0. The van der Waals surface area contributed by atoms with Gasteiger partial charge in [0.1, 0.15) is 11.9 Å². The van der Waals surface area contributed by atoms with Gasteiger partial charge in [-0.3, -0.25) is 16.1 Å². The van der Waals surface area contributed by atoms with Crippen molar-refractivity contribution in [2.45, 2.75) is 58.1 Å². The summed E-state index contributed by atoms with van der Waals surface area (Å²) in [5, 5.41) is -0.104. The predicted molar refractivity (Wildman–Crippen MR) is 140 cm³/mol. The quantitative estimate of drug-likeness (QED) is 0.422. The Bertz CT molecular complexity index is 1150. The van der Waals surface area contributed by atoms with E-state index in [4.69, 9.17) is 27.8 Å². The van der Waals surface area contributed by atoms with Crippen LogP contribution in [0.1, 0.15) is 51.2 Å². The van der Waals surface area contributed by atoms with Crippen LogP contribution in [0.4, 0.5) is 13.2 Å². The molecule has 0 saturated carbocycles. The summed E-state index contributed by atoms with van der Waals surface area (Å²) in [5.41, 5.74) is 16.3. The number of likely N-dealkylation sites (tertiary alicyclic amines) is 1. The number of piperidine rings is 1. The van der Waals surface area contributed by atoms with Gasteiger partial charge in [0.05, 0.1) is 5.56 Å². The molecule has 11 heteroatoms. The molecule has 7 nitrogen and oxygen atoms in total. The molecular weight excluding hydrogens is 505 g/mol. The summed E-state index contributed by atoms with van der Waals surface area (Å²) in [6.07, 6.45) is -1.55. The average Bonchev–Trinajstić information content (AvgIpc) is 3.17. The summed E-state index contributed by atoms with van der Waals surface area (Å²) in [6.45, 7) is 9.60. The summed E-state index contributed by atoms with van der Waals surface area (Å²) in [7, 11) is 0. The Morgan fingerprint density at radius 2 is 1.89 bits per heavy atom. The Kier molecular flexibility index (Phi) is 7.67. The first-order chi connectivity index (χ1) is 17.2. The van der Waals surface area contributed by atoms with Gasteiger partial charge in [-0.15, -0.1) is 0 Å². The number of ether oxygens (including phenoxy) is 1. The van der Waals surface area contributed by atoms with E-state index in [0.29, 0.717) is 11.3 Å². The van der Waals surface area contributed by atoms with Gasteiger partial charge < -0.3 is 10.5 Å². The standard InChI is InChI=1S/C26H34ClF3N6O/c1-24(2,3)10-12-36-11-4-5-19(15-36)37-18-8-6-16(7-9-18)22-20(25(28,29)30)13-17(14-21(22)27)26(32)33-23(31)34-35-26/h6-9,13-14,19,35H,4-5,10-12,15,32H2,1-3H3,(H3,31,33,34). The lowest BCUT2D eigenvalue weighted by atomic mass is 9.91. The van der Waals surface area contributed by atoms with Gasteiger partial charge in [0.25, 0.3) is 0 Å². The maximum absolute atomic E-state index is 14.1. The van der Waals surface area contributed by atoms with Crippen LogP contribution in [0.2, 0.25) is 5.02 Å². The van der Waals surface area contributed by atoms with Crippen molar-refractivity contribution >= 4 is 17.6 Å². The molecule has 2 heterocycles. The Labute approximate surface area is 220 Å². The molecule has 0 aromatic heterocycles. The molecule has 0 radical (unpaired) electrons. The van der Waals surface area contributed by atoms with Gasteiger partial charge in [-0.25, -0.2) is 4.99 Å². The first-order valence-electron chi connectivity index (χ1n) is 12.3. The molecule has 2 aliphatic rings. The molecule has 2 atom stereocenters. The number of rotatable bonds is 6. The van der Waals surface area contributed by atoms with Crippen LogP contribution in [0.15, 0.2) is 41.4 Å². The Morgan fingerprint density at radius 1 is 1.19 bits per heavy atom. The summed E-state index contributed by atoms with van der Waals surface area (Å²) in [6, 6.07) is 8.86. The first-order valence-corrected chi connectivity index (χ1v) is 12.7.